The van der Waals surface area contributed by atoms with Crippen molar-refractivity contribution in [1.29, 1.82) is 10.5 Å². The first-order valence-electron chi connectivity index (χ1n) is 6.63. The number of benzene rings is 2. The third-order valence-electron chi connectivity index (χ3n) is 3.07. The van der Waals surface area contributed by atoms with Gasteiger partial charge in [-0.1, -0.05) is 6.07 Å². The Kier molecular flexibility index (Phi) is 4.74. The molecule has 0 aliphatic rings. The third-order valence-corrected chi connectivity index (χ3v) is 3.07. The van der Waals surface area contributed by atoms with E-state index in [1.54, 1.807) is 49.5 Å². The lowest BCUT2D eigenvalue weighted by Gasteiger charge is -2.14. The lowest BCUT2D eigenvalue weighted by atomic mass is 10.1. The van der Waals surface area contributed by atoms with Crippen molar-refractivity contribution in [3.05, 3.63) is 59.7 Å². The normalized spacial score (nSPS) is 9.41. The van der Waals surface area contributed by atoms with Crippen molar-refractivity contribution in [2.45, 2.75) is 0 Å². The zero-order valence-corrected chi connectivity index (χ0v) is 12.1. The van der Waals surface area contributed by atoms with E-state index in [-0.39, 0.29) is 12.5 Å². The van der Waals surface area contributed by atoms with Gasteiger partial charge in [0.25, 0.3) is 5.91 Å². The van der Waals surface area contributed by atoms with Crippen LogP contribution in [-0.4, -0.2) is 24.4 Å². The van der Waals surface area contributed by atoms with Gasteiger partial charge in [-0.15, -0.1) is 0 Å². The Morgan fingerprint density at radius 1 is 1.14 bits per heavy atom. The SMILES string of the molecule is CN(CC#N)C(=O)c1cccc(Nc2ccc(C#N)cc2)c1. The molecule has 0 aliphatic heterocycles. The van der Waals surface area contributed by atoms with Gasteiger partial charge in [0.05, 0.1) is 17.7 Å². The van der Waals surface area contributed by atoms with E-state index in [2.05, 4.69) is 11.4 Å². The molecular formula is C17H14N4O. The van der Waals surface area contributed by atoms with Gasteiger partial charge in [-0.05, 0) is 42.5 Å². The summed E-state index contributed by atoms with van der Waals surface area (Å²) in [6.45, 7) is 0.0477. The van der Waals surface area contributed by atoms with Gasteiger partial charge in [0, 0.05) is 24.0 Å². The molecule has 2 aromatic rings. The highest BCUT2D eigenvalue weighted by Gasteiger charge is 2.11. The summed E-state index contributed by atoms with van der Waals surface area (Å²) in [5.41, 5.74) is 2.69. The number of nitrogens with zero attached hydrogens (tertiary/aromatic N) is 3. The van der Waals surface area contributed by atoms with Gasteiger partial charge >= 0.3 is 0 Å². The molecule has 0 aliphatic carbocycles. The highest BCUT2D eigenvalue weighted by molar-refractivity contribution is 5.95. The second kappa shape index (κ2) is 6.92. The summed E-state index contributed by atoms with van der Waals surface area (Å²) >= 11 is 0. The maximum absolute atomic E-state index is 12.1. The van der Waals surface area contributed by atoms with Crippen LogP contribution >= 0.6 is 0 Å². The molecule has 5 nitrogen and oxygen atoms in total. The molecule has 0 radical (unpaired) electrons. The maximum atomic E-state index is 12.1. The molecule has 0 unspecified atom stereocenters. The van der Waals surface area contributed by atoms with Crippen molar-refractivity contribution in [3.8, 4) is 12.1 Å². The number of amides is 1. The van der Waals surface area contributed by atoms with Crippen molar-refractivity contribution in [2.75, 3.05) is 18.9 Å². The van der Waals surface area contributed by atoms with Crippen molar-refractivity contribution in [1.82, 2.24) is 4.90 Å². The molecule has 22 heavy (non-hydrogen) atoms. The van der Waals surface area contributed by atoms with Crippen LogP contribution in [0.4, 0.5) is 11.4 Å². The van der Waals surface area contributed by atoms with Gasteiger partial charge < -0.3 is 10.2 Å². The van der Waals surface area contributed by atoms with Crippen LogP contribution in [0.1, 0.15) is 15.9 Å². The fourth-order valence-electron chi connectivity index (χ4n) is 1.92. The first-order valence-corrected chi connectivity index (χ1v) is 6.63. The molecule has 1 N–H and O–H groups in total. The van der Waals surface area contributed by atoms with Crippen LogP contribution in [0.25, 0.3) is 0 Å². The van der Waals surface area contributed by atoms with Gasteiger partial charge in [-0.25, -0.2) is 0 Å². The molecule has 0 saturated heterocycles. The van der Waals surface area contributed by atoms with Gasteiger partial charge in [0.1, 0.15) is 6.54 Å². The molecule has 0 spiro atoms. The highest BCUT2D eigenvalue weighted by atomic mass is 16.2. The Labute approximate surface area is 129 Å². The monoisotopic (exact) mass is 290 g/mol. The van der Waals surface area contributed by atoms with E-state index in [0.717, 1.165) is 11.4 Å². The molecule has 0 atom stereocenters. The Morgan fingerprint density at radius 2 is 1.86 bits per heavy atom. The summed E-state index contributed by atoms with van der Waals surface area (Å²) < 4.78 is 0. The number of carbonyl (C=O) groups is 1. The average molecular weight is 290 g/mol. The van der Waals surface area contributed by atoms with Gasteiger partial charge in [0.2, 0.25) is 0 Å². The molecule has 0 bridgehead atoms. The number of nitrogens with one attached hydrogen (secondary N) is 1. The standard InChI is InChI=1S/C17H14N4O/c1-21(10-9-18)17(22)14-3-2-4-16(11-14)20-15-7-5-13(12-19)6-8-15/h2-8,11,20H,10H2,1H3. The number of rotatable bonds is 4. The quantitative estimate of drug-likeness (QED) is 0.878. The summed E-state index contributed by atoms with van der Waals surface area (Å²) in [5, 5.41) is 20.6. The smallest absolute Gasteiger partial charge is 0.254 e. The van der Waals surface area contributed by atoms with Crippen molar-refractivity contribution < 1.29 is 4.79 Å². The molecule has 1 amide bonds. The second-order valence-electron chi connectivity index (χ2n) is 4.71. The number of hydrogen-bond donors (Lipinski definition) is 1. The van der Waals surface area contributed by atoms with Gasteiger partial charge in [-0.2, -0.15) is 10.5 Å². The van der Waals surface area contributed by atoms with Gasteiger partial charge in [0.15, 0.2) is 0 Å². The minimum Gasteiger partial charge on any atom is -0.356 e. The van der Waals surface area contributed by atoms with E-state index in [0.29, 0.717) is 11.1 Å². The lowest BCUT2D eigenvalue weighted by Crippen LogP contribution is -2.26. The van der Waals surface area contributed by atoms with Crippen LogP contribution in [0.15, 0.2) is 48.5 Å². The predicted octanol–water partition coefficient (Wildman–Crippen LogP) is 2.90. The first kappa shape index (κ1) is 15.1. The van der Waals surface area contributed by atoms with Crippen molar-refractivity contribution in [2.24, 2.45) is 0 Å². The molecule has 0 heterocycles. The summed E-state index contributed by atoms with van der Waals surface area (Å²) in [4.78, 5) is 13.5. The van der Waals surface area contributed by atoms with Crippen LogP contribution in [0.3, 0.4) is 0 Å². The molecule has 2 aromatic carbocycles. The predicted molar refractivity (Wildman–Crippen MR) is 83.5 cm³/mol. The van der Waals surface area contributed by atoms with E-state index in [9.17, 15) is 4.79 Å². The molecule has 2 rings (SSSR count). The Hall–Kier alpha value is -3.31. The number of anilines is 2. The first-order chi connectivity index (χ1) is 10.6. The Balaban J connectivity index is 2.16. The topological polar surface area (TPSA) is 79.9 Å². The summed E-state index contributed by atoms with van der Waals surface area (Å²) in [5.74, 6) is -0.204. The van der Waals surface area contributed by atoms with Crippen LogP contribution in [-0.2, 0) is 0 Å². The number of hydrogen-bond acceptors (Lipinski definition) is 4. The molecule has 0 fully saturated rings. The summed E-state index contributed by atoms with van der Waals surface area (Å²) in [6, 6.07) is 18.1. The fourth-order valence-corrected chi connectivity index (χ4v) is 1.92. The Bertz CT molecular complexity index is 753. The zero-order valence-electron chi connectivity index (χ0n) is 12.1. The number of carbonyl (C=O) groups excluding carboxylic acids is 1. The van der Waals surface area contributed by atoms with Crippen LogP contribution in [0.5, 0.6) is 0 Å². The van der Waals surface area contributed by atoms with Crippen molar-refractivity contribution in [3.63, 3.8) is 0 Å². The van der Waals surface area contributed by atoms with Crippen molar-refractivity contribution >= 4 is 17.3 Å². The molecule has 5 heteroatoms. The van der Waals surface area contributed by atoms with Crippen LogP contribution < -0.4 is 5.32 Å². The highest BCUT2D eigenvalue weighted by Crippen LogP contribution is 2.18. The zero-order chi connectivity index (χ0) is 15.9. The van der Waals surface area contributed by atoms with E-state index in [1.807, 2.05) is 12.1 Å². The van der Waals surface area contributed by atoms with Crippen LogP contribution in [0.2, 0.25) is 0 Å². The Morgan fingerprint density at radius 3 is 2.50 bits per heavy atom. The van der Waals surface area contributed by atoms with Crippen LogP contribution in [0, 0.1) is 22.7 Å². The number of nitriles is 2. The second-order valence-corrected chi connectivity index (χ2v) is 4.71. The van der Waals surface area contributed by atoms with E-state index in [4.69, 9.17) is 10.5 Å². The van der Waals surface area contributed by atoms with E-state index in [1.165, 1.54) is 4.90 Å². The molecule has 0 aromatic heterocycles. The fraction of sp³-hybridized carbons (Fsp3) is 0.118. The third kappa shape index (κ3) is 3.62. The maximum Gasteiger partial charge on any atom is 0.254 e. The largest absolute Gasteiger partial charge is 0.356 e. The minimum absolute atomic E-state index is 0.0477. The molecule has 108 valence electrons. The summed E-state index contributed by atoms with van der Waals surface area (Å²) in [7, 11) is 1.59. The lowest BCUT2D eigenvalue weighted by molar-refractivity contribution is 0.0812. The average Bonchev–Trinajstić information content (AvgIpc) is 2.55. The van der Waals surface area contributed by atoms with E-state index < -0.39 is 0 Å². The molecule has 0 saturated carbocycles. The molecular weight excluding hydrogens is 276 g/mol. The summed E-state index contributed by atoms with van der Waals surface area (Å²) in [6.07, 6.45) is 0. The van der Waals surface area contributed by atoms with E-state index >= 15 is 0 Å². The minimum atomic E-state index is -0.204. The van der Waals surface area contributed by atoms with Gasteiger partial charge in [-0.3, -0.25) is 4.79 Å².